The summed E-state index contributed by atoms with van der Waals surface area (Å²) in [6.45, 7) is 0.923. The van der Waals surface area contributed by atoms with Gasteiger partial charge in [-0.1, -0.05) is 0 Å². The summed E-state index contributed by atoms with van der Waals surface area (Å²) < 4.78 is 0. The van der Waals surface area contributed by atoms with Crippen molar-refractivity contribution >= 4 is 17.7 Å². The standard InChI is InChI=1S/C7H10N2O2S/c8-1-2-9-3-4-12-5-6(9)7(10)11/h6H,2-5H2,(H,10,11). The minimum absolute atomic E-state index is 0.220. The number of carboxylic acid groups (broad SMARTS) is 1. The van der Waals surface area contributed by atoms with Gasteiger partial charge in [-0.05, 0) is 0 Å². The van der Waals surface area contributed by atoms with Crippen molar-refractivity contribution in [1.29, 1.82) is 5.26 Å². The van der Waals surface area contributed by atoms with Gasteiger partial charge >= 0.3 is 5.97 Å². The van der Waals surface area contributed by atoms with Crippen LogP contribution < -0.4 is 0 Å². The molecular formula is C7H10N2O2S. The summed E-state index contributed by atoms with van der Waals surface area (Å²) in [7, 11) is 0. The Balaban J connectivity index is 2.55. The fourth-order valence-corrected chi connectivity index (χ4v) is 2.25. The minimum Gasteiger partial charge on any atom is -0.480 e. The molecule has 0 amide bonds. The smallest absolute Gasteiger partial charge is 0.321 e. The molecular weight excluding hydrogens is 176 g/mol. The largest absolute Gasteiger partial charge is 0.480 e. The minimum atomic E-state index is -0.822. The van der Waals surface area contributed by atoms with Crippen molar-refractivity contribution in [3.05, 3.63) is 0 Å². The molecule has 1 atom stereocenters. The van der Waals surface area contributed by atoms with Gasteiger partial charge in [0.05, 0.1) is 12.6 Å². The molecule has 0 saturated carbocycles. The monoisotopic (exact) mass is 186 g/mol. The third kappa shape index (κ3) is 2.13. The van der Waals surface area contributed by atoms with Crippen LogP contribution in [0.4, 0.5) is 0 Å². The molecule has 1 aliphatic heterocycles. The maximum atomic E-state index is 10.7. The third-order valence-corrected chi connectivity index (χ3v) is 2.82. The number of nitriles is 1. The predicted molar refractivity (Wildman–Crippen MR) is 45.9 cm³/mol. The van der Waals surface area contributed by atoms with Crippen LogP contribution in [-0.4, -0.2) is 46.6 Å². The Labute approximate surface area is 75.2 Å². The Morgan fingerprint density at radius 3 is 3.17 bits per heavy atom. The Bertz CT molecular complexity index is 214. The van der Waals surface area contributed by atoms with Crippen LogP contribution in [0.1, 0.15) is 0 Å². The zero-order chi connectivity index (χ0) is 8.97. The van der Waals surface area contributed by atoms with E-state index in [4.69, 9.17) is 10.4 Å². The van der Waals surface area contributed by atoms with Crippen LogP contribution in [-0.2, 0) is 4.79 Å². The van der Waals surface area contributed by atoms with Gasteiger partial charge in [0.15, 0.2) is 0 Å². The summed E-state index contributed by atoms with van der Waals surface area (Å²) in [4.78, 5) is 12.4. The van der Waals surface area contributed by atoms with E-state index < -0.39 is 12.0 Å². The molecule has 1 rings (SSSR count). The van der Waals surface area contributed by atoms with Crippen molar-refractivity contribution in [2.45, 2.75) is 6.04 Å². The molecule has 1 heterocycles. The molecule has 1 aliphatic rings. The quantitative estimate of drug-likeness (QED) is 0.615. The van der Waals surface area contributed by atoms with Crippen molar-refractivity contribution < 1.29 is 9.90 Å². The molecule has 1 saturated heterocycles. The summed E-state index contributed by atoms with van der Waals surface area (Å²) >= 11 is 1.63. The normalized spacial score (nSPS) is 24.8. The predicted octanol–water partition coefficient (Wildman–Crippen LogP) is 0.0120. The first-order valence-corrected chi connectivity index (χ1v) is 4.82. The molecule has 0 bridgehead atoms. The van der Waals surface area contributed by atoms with Gasteiger partial charge in [-0.2, -0.15) is 17.0 Å². The van der Waals surface area contributed by atoms with Gasteiger partial charge in [0, 0.05) is 18.1 Å². The highest BCUT2D eigenvalue weighted by Crippen LogP contribution is 2.15. The molecule has 12 heavy (non-hydrogen) atoms. The lowest BCUT2D eigenvalue weighted by atomic mass is 10.3. The number of carboxylic acids is 1. The van der Waals surface area contributed by atoms with Crippen LogP contribution >= 0.6 is 11.8 Å². The van der Waals surface area contributed by atoms with Crippen LogP contribution in [0, 0.1) is 11.3 Å². The second kappa shape index (κ2) is 4.33. The van der Waals surface area contributed by atoms with E-state index in [-0.39, 0.29) is 6.54 Å². The number of carbonyl (C=O) groups is 1. The van der Waals surface area contributed by atoms with Crippen LogP contribution in [0.3, 0.4) is 0 Å². The lowest BCUT2D eigenvalue weighted by Crippen LogP contribution is -2.47. The maximum Gasteiger partial charge on any atom is 0.321 e. The van der Waals surface area contributed by atoms with E-state index in [0.717, 1.165) is 5.75 Å². The number of nitrogens with zero attached hydrogens (tertiary/aromatic N) is 2. The Morgan fingerprint density at radius 2 is 2.58 bits per heavy atom. The molecule has 4 nitrogen and oxygen atoms in total. The van der Waals surface area contributed by atoms with Crippen molar-refractivity contribution in [2.24, 2.45) is 0 Å². The van der Waals surface area contributed by atoms with E-state index in [1.165, 1.54) is 0 Å². The number of hydrogen-bond donors (Lipinski definition) is 1. The number of rotatable bonds is 2. The molecule has 66 valence electrons. The van der Waals surface area contributed by atoms with E-state index in [1.807, 2.05) is 6.07 Å². The van der Waals surface area contributed by atoms with E-state index in [1.54, 1.807) is 16.7 Å². The van der Waals surface area contributed by atoms with Gasteiger partial charge in [-0.3, -0.25) is 9.69 Å². The van der Waals surface area contributed by atoms with Gasteiger partial charge in [0.2, 0.25) is 0 Å². The first kappa shape index (κ1) is 9.36. The van der Waals surface area contributed by atoms with Crippen molar-refractivity contribution in [2.75, 3.05) is 24.6 Å². The second-order valence-corrected chi connectivity index (χ2v) is 3.71. The first-order chi connectivity index (χ1) is 5.75. The summed E-state index contributed by atoms with van der Waals surface area (Å²) in [5.41, 5.74) is 0. The Hall–Kier alpha value is -0.730. The topological polar surface area (TPSA) is 64.3 Å². The van der Waals surface area contributed by atoms with Gasteiger partial charge in [-0.15, -0.1) is 0 Å². The fraction of sp³-hybridized carbons (Fsp3) is 0.714. The molecule has 1 N–H and O–H groups in total. The highest BCUT2D eigenvalue weighted by molar-refractivity contribution is 7.99. The van der Waals surface area contributed by atoms with E-state index >= 15 is 0 Å². The van der Waals surface area contributed by atoms with Crippen molar-refractivity contribution in [1.82, 2.24) is 4.90 Å². The molecule has 5 heteroatoms. The molecule has 0 spiro atoms. The van der Waals surface area contributed by atoms with E-state index in [2.05, 4.69) is 0 Å². The van der Waals surface area contributed by atoms with Crippen LogP contribution in [0.15, 0.2) is 0 Å². The summed E-state index contributed by atoms with van der Waals surface area (Å²) in [5, 5.41) is 17.2. The van der Waals surface area contributed by atoms with Gasteiger partial charge in [0.25, 0.3) is 0 Å². The lowest BCUT2D eigenvalue weighted by molar-refractivity contribution is -0.142. The molecule has 0 aliphatic carbocycles. The Kier molecular flexibility index (Phi) is 3.38. The van der Waals surface area contributed by atoms with Gasteiger partial charge < -0.3 is 5.11 Å². The van der Waals surface area contributed by atoms with E-state index in [0.29, 0.717) is 12.3 Å². The van der Waals surface area contributed by atoms with Crippen LogP contribution in [0.5, 0.6) is 0 Å². The summed E-state index contributed by atoms with van der Waals surface area (Å²) in [6, 6.07) is 1.51. The number of hydrogen-bond acceptors (Lipinski definition) is 4. The van der Waals surface area contributed by atoms with E-state index in [9.17, 15) is 4.79 Å². The molecule has 0 aromatic heterocycles. The summed E-state index contributed by atoms with van der Waals surface area (Å²) in [5.74, 6) is 0.695. The SMILES string of the molecule is N#CCN1CCSCC1C(=O)O. The molecule has 1 fully saturated rings. The average molecular weight is 186 g/mol. The van der Waals surface area contributed by atoms with Crippen molar-refractivity contribution in [3.63, 3.8) is 0 Å². The summed E-state index contributed by atoms with van der Waals surface area (Å²) in [6.07, 6.45) is 0. The molecule has 1 unspecified atom stereocenters. The fourth-order valence-electron chi connectivity index (χ4n) is 1.15. The molecule has 0 aromatic rings. The number of aliphatic carboxylic acids is 1. The zero-order valence-corrected chi connectivity index (χ0v) is 7.38. The van der Waals surface area contributed by atoms with Gasteiger partial charge in [0.1, 0.15) is 6.04 Å². The highest BCUT2D eigenvalue weighted by Gasteiger charge is 2.28. The second-order valence-electron chi connectivity index (χ2n) is 2.56. The average Bonchev–Trinajstić information content (AvgIpc) is 2.05. The van der Waals surface area contributed by atoms with Crippen LogP contribution in [0.2, 0.25) is 0 Å². The third-order valence-electron chi connectivity index (χ3n) is 1.80. The van der Waals surface area contributed by atoms with Crippen molar-refractivity contribution in [3.8, 4) is 6.07 Å². The molecule has 0 aromatic carbocycles. The first-order valence-electron chi connectivity index (χ1n) is 3.67. The van der Waals surface area contributed by atoms with Gasteiger partial charge in [-0.25, -0.2) is 0 Å². The Morgan fingerprint density at radius 1 is 1.83 bits per heavy atom. The zero-order valence-electron chi connectivity index (χ0n) is 6.56. The lowest BCUT2D eigenvalue weighted by Gasteiger charge is -2.30. The number of thioether (sulfide) groups is 1. The maximum absolute atomic E-state index is 10.7. The highest BCUT2D eigenvalue weighted by atomic mass is 32.2. The molecule has 0 radical (unpaired) electrons. The van der Waals surface area contributed by atoms with Crippen LogP contribution in [0.25, 0.3) is 0 Å².